The minimum absolute atomic E-state index is 0.0276. The lowest BCUT2D eigenvalue weighted by molar-refractivity contribution is -0.129. The van der Waals surface area contributed by atoms with Crippen molar-refractivity contribution in [1.29, 1.82) is 0 Å². The molecule has 1 aromatic carbocycles. The van der Waals surface area contributed by atoms with Gasteiger partial charge in [0.1, 0.15) is 6.61 Å². The molecule has 46 heavy (non-hydrogen) atoms. The van der Waals surface area contributed by atoms with E-state index in [9.17, 15) is 13.2 Å². The fourth-order valence-electron chi connectivity index (χ4n) is 5.04. The van der Waals surface area contributed by atoms with E-state index in [1.165, 1.54) is 0 Å². The third-order valence-electron chi connectivity index (χ3n) is 7.48. The minimum atomic E-state index is -3.48. The van der Waals surface area contributed by atoms with Gasteiger partial charge in [-0.25, -0.2) is 17.9 Å². The highest BCUT2D eigenvalue weighted by atomic mass is 32.2. The van der Waals surface area contributed by atoms with E-state index < -0.39 is 9.84 Å². The van der Waals surface area contributed by atoms with Crippen LogP contribution in [0, 0.1) is 0 Å². The standard InChI is InChI=1S/C34H45N5O6S/c1-5-9-30(46(41,42)24-20-37-17-21-43-22-18-37)11-8-10-29-26-35-34-15-13-31(36-39(29)34)28-12-14-32(33(25-28)44-7-3)45-23-19-38(16-6-2)27(4)40/h5,8-15,25-26H,6-7,16-24H2,1-4H3/b9-5-,10-8+,30-11+. The van der Waals surface area contributed by atoms with Crippen LogP contribution in [-0.4, -0.2) is 104 Å². The number of carbonyl (C=O) groups excluding carboxylic acids is 1. The van der Waals surface area contributed by atoms with Crippen LogP contribution in [0.5, 0.6) is 11.5 Å². The Morgan fingerprint density at radius 1 is 1.09 bits per heavy atom. The molecule has 12 heteroatoms. The van der Waals surface area contributed by atoms with E-state index in [2.05, 4.69) is 9.88 Å². The number of carbonyl (C=O) groups is 1. The summed E-state index contributed by atoms with van der Waals surface area (Å²) in [5.74, 6) is 1.26. The first-order chi connectivity index (χ1) is 22.2. The average Bonchev–Trinajstić information content (AvgIpc) is 3.46. The fourth-order valence-corrected chi connectivity index (χ4v) is 6.40. The molecular formula is C34H45N5O6S. The largest absolute Gasteiger partial charge is 0.490 e. The van der Waals surface area contributed by atoms with E-state index in [0.717, 1.165) is 25.1 Å². The number of fused-ring (bicyclic) bond motifs is 1. The Hall–Kier alpha value is -4.00. The zero-order valence-corrected chi connectivity index (χ0v) is 28.0. The van der Waals surface area contributed by atoms with Gasteiger partial charge in [-0.3, -0.25) is 9.69 Å². The lowest BCUT2D eigenvalue weighted by atomic mass is 10.1. The number of morpholine rings is 1. The third kappa shape index (κ3) is 9.51. The maximum atomic E-state index is 13.1. The number of allylic oxidation sites excluding steroid dienone is 4. The summed E-state index contributed by atoms with van der Waals surface area (Å²) in [6, 6.07) is 9.43. The molecule has 0 saturated carbocycles. The van der Waals surface area contributed by atoms with Crippen molar-refractivity contribution < 1.29 is 27.4 Å². The lowest BCUT2D eigenvalue weighted by Crippen LogP contribution is -2.39. The van der Waals surface area contributed by atoms with Gasteiger partial charge in [-0.2, -0.15) is 5.10 Å². The van der Waals surface area contributed by atoms with Gasteiger partial charge in [0.15, 0.2) is 27.0 Å². The molecule has 1 aliphatic heterocycles. The number of sulfone groups is 1. The van der Waals surface area contributed by atoms with E-state index in [0.29, 0.717) is 74.6 Å². The number of nitrogens with zero attached hydrogens (tertiary/aromatic N) is 5. The molecule has 0 atom stereocenters. The molecule has 2 aromatic heterocycles. The van der Waals surface area contributed by atoms with Crippen LogP contribution in [0.3, 0.4) is 0 Å². The van der Waals surface area contributed by atoms with Gasteiger partial charge in [-0.15, -0.1) is 0 Å². The number of benzene rings is 1. The summed E-state index contributed by atoms with van der Waals surface area (Å²) in [6.07, 6.45) is 11.1. The first-order valence-electron chi connectivity index (χ1n) is 15.8. The number of hydrogen-bond donors (Lipinski definition) is 0. The first-order valence-corrected chi connectivity index (χ1v) is 17.4. The maximum Gasteiger partial charge on any atom is 0.219 e. The van der Waals surface area contributed by atoms with Crippen molar-refractivity contribution in [3.05, 3.63) is 71.4 Å². The van der Waals surface area contributed by atoms with Crippen LogP contribution >= 0.6 is 0 Å². The second-order valence-electron chi connectivity index (χ2n) is 10.8. The van der Waals surface area contributed by atoms with Crippen molar-refractivity contribution >= 4 is 27.5 Å². The van der Waals surface area contributed by atoms with Crippen LogP contribution in [0.2, 0.25) is 0 Å². The molecule has 11 nitrogen and oxygen atoms in total. The number of rotatable bonds is 16. The van der Waals surface area contributed by atoms with E-state index in [4.69, 9.17) is 19.3 Å². The highest BCUT2D eigenvalue weighted by Crippen LogP contribution is 2.32. The fraction of sp³-hybridized carbons (Fsp3) is 0.441. The zero-order valence-electron chi connectivity index (χ0n) is 27.2. The number of hydrogen-bond acceptors (Lipinski definition) is 9. The van der Waals surface area contributed by atoms with Crippen molar-refractivity contribution in [2.75, 3.05) is 64.9 Å². The Morgan fingerprint density at radius 2 is 1.89 bits per heavy atom. The monoisotopic (exact) mass is 651 g/mol. The van der Waals surface area contributed by atoms with E-state index in [1.807, 2.05) is 44.2 Å². The van der Waals surface area contributed by atoms with Crippen molar-refractivity contribution in [2.24, 2.45) is 0 Å². The van der Waals surface area contributed by atoms with Crippen molar-refractivity contribution in [3.8, 4) is 22.8 Å². The van der Waals surface area contributed by atoms with Gasteiger partial charge in [0, 0.05) is 38.7 Å². The quantitative estimate of drug-likeness (QED) is 0.204. The number of aromatic nitrogens is 3. The van der Waals surface area contributed by atoms with Gasteiger partial charge < -0.3 is 19.1 Å². The van der Waals surface area contributed by atoms with Gasteiger partial charge in [0.25, 0.3) is 0 Å². The molecule has 0 N–H and O–H groups in total. The summed E-state index contributed by atoms with van der Waals surface area (Å²) in [6.45, 7) is 12.5. The summed E-state index contributed by atoms with van der Waals surface area (Å²) < 4.78 is 45.3. The van der Waals surface area contributed by atoms with Crippen LogP contribution in [0.25, 0.3) is 23.0 Å². The summed E-state index contributed by atoms with van der Waals surface area (Å²) in [7, 11) is -3.48. The molecule has 0 spiro atoms. The van der Waals surface area contributed by atoms with E-state index in [1.54, 1.807) is 59.8 Å². The highest BCUT2D eigenvalue weighted by Gasteiger charge is 2.19. The lowest BCUT2D eigenvalue weighted by Gasteiger charge is -2.26. The SMILES string of the molecule is C\C=C/C(=C\C=C\c1cnc2ccc(-c3ccc(OCCN(CCC)C(C)=O)c(OCC)c3)nn12)S(=O)(=O)CCN1CCOCC1. The predicted molar refractivity (Wildman–Crippen MR) is 181 cm³/mol. The first kappa shape index (κ1) is 34.9. The number of amides is 1. The van der Waals surface area contributed by atoms with Crippen molar-refractivity contribution in [3.63, 3.8) is 0 Å². The summed E-state index contributed by atoms with van der Waals surface area (Å²) in [5.41, 5.74) is 2.89. The van der Waals surface area contributed by atoms with Crippen LogP contribution in [0.15, 0.2) is 65.7 Å². The molecule has 248 valence electrons. The van der Waals surface area contributed by atoms with Gasteiger partial charge in [0.05, 0.1) is 54.6 Å². The molecule has 3 heterocycles. The molecular weight excluding hydrogens is 606 g/mol. The molecule has 0 bridgehead atoms. The summed E-state index contributed by atoms with van der Waals surface area (Å²) in [4.78, 5) is 20.5. The highest BCUT2D eigenvalue weighted by molar-refractivity contribution is 7.95. The van der Waals surface area contributed by atoms with Crippen molar-refractivity contribution in [1.82, 2.24) is 24.4 Å². The average molecular weight is 652 g/mol. The van der Waals surface area contributed by atoms with Crippen LogP contribution in [-0.2, 0) is 19.4 Å². The van der Waals surface area contributed by atoms with Gasteiger partial charge in [0.2, 0.25) is 5.91 Å². The van der Waals surface area contributed by atoms with E-state index in [-0.39, 0.29) is 16.6 Å². The molecule has 1 amide bonds. The molecule has 0 unspecified atom stereocenters. The smallest absolute Gasteiger partial charge is 0.219 e. The number of imidazole rings is 1. The summed E-state index contributed by atoms with van der Waals surface area (Å²) >= 11 is 0. The molecule has 1 saturated heterocycles. The second kappa shape index (κ2) is 17.1. The van der Waals surface area contributed by atoms with Crippen molar-refractivity contribution in [2.45, 2.75) is 34.1 Å². The summed E-state index contributed by atoms with van der Waals surface area (Å²) in [5, 5.41) is 4.82. The Morgan fingerprint density at radius 3 is 2.61 bits per heavy atom. The molecule has 4 rings (SSSR count). The molecule has 1 fully saturated rings. The Bertz CT molecular complexity index is 1660. The third-order valence-corrected chi connectivity index (χ3v) is 9.19. The topological polar surface area (TPSA) is 116 Å². The minimum Gasteiger partial charge on any atom is -0.490 e. The van der Waals surface area contributed by atoms with Crippen LogP contribution < -0.4 is 9.47 Å². The van der Waals surface area contributed by atoms with Gasteiger partial charge in [-0.05, 0) is 68.8 Å². The molecule has 3 aromatic rings. The molecule has 1 aliphatic rings. The number of ether oxygens (including phenoxy) is 3. The van der Waals surface area contributed by atoms with Crippen LogP contribution in [0.4, 0.5) is 0 Å². The Kier molecular flexibility index (Phi) is 12.9. The van der Waals surface area contributed by atoms with E-state index >= 15 is 0 Å². The second-order valence-corrected chi connectivity index (χ2v) is 12.9. The Balaban J connectivity index is 1.51. The predicted octanol–water partition coefficient (Wildman–Crippen LogP) is 4.65. The van der Waals surface area contributed by atoms with Gasteiger partial charge in [-0.1, -0.05) is 19.1 Å². The van der Waals surface area contributed by atoms with Gasteiger partial charge >= 0.3 is 0 Å². The molecule has 0 radical (unpaired) electrons. The Labute approximate surface area is 272 Å². The maximum absolute atomic E-state index is 13.1. The normalized spacial score (nSPS) is 14.8. The van der Waals surface area contributed by atoms with Crippen LogP contribution in [0.1, 0.15) is 39.8 Å². The molecule has 0 aliphatic carbocycles. The zero-order chi connectivity index (χ0) is 32.9.